The van der Waals surface area contributed by atoms with Crippen LogP contribution in [0.25, 0.3) is 0 Å². The maximum absolute atomic E-state index is 11.6. The molecule has 1 aliphatic heterocycles. The summed E-state index contributed by atoms with van der Waals surface area (Å²) in [5.74, 6) is 4.84. The van der Waals surface area contributed by atoms with Gasteiger partial charge in [0.2, 0.25) is 5.91 Å². The van der Waals surface area contributed by atoms with Gasteiger partial charge in [0.05, 0.1) is 6.54 Å². The molecule has 21 heavy (non-hydrogen) atoms. The number of nitrogens with zero attached hydrogens (tertiary/aromatic N) is 2. The van der Waals surface area contributed by atoms with Gasteiger partial charge in [0.1, 0.15) is 18.9 Å². The third-order valence-electron chi connectivity index (χ3n) is 3.04. The molecule has 0 unspecified atom stereocenters. The number of benzene rings is 1. The number of rotatable bonds is 5. The van der Waals surface area contributed by atoms with Crippen LogP contribution >= 0.6 is 0 Å². The highest BCUT2D eigenvalue weighted by molar-refractivity contribution is 6.01. The van der Waals surface area contributed by atoms with Crippen molar-refractivity contribution in [1.82, 2.24) is 15.2 Å². The van der Waals surface area contributed by atoms with E-state index in [1.807, 2.05) is 5.43 Å². The van der Waals surface area contributed by atoms with Gasteiger partial charge in [-0.2, -0.15) is 0 Å². The molecule has 112 valence electrons. The molecule has 3 N–H and O–H groups in total. The Bertz CT molecular complexity index is 575. The zero-order valence-electron chi connectivity index (χ0n) is 11.5. The molecule has 0 atom stereocenters. The molecule has 2 rings (SSSR count). The van der Waals surface area contributed by atoms with Gasteiger partial charge in [-0.3, -0.25) is 19.9 Å². The predicted molar refractivity (Wildman–Crippen MR) is 73.3 cm³/mol. The van der Waals surface area contributed by atoms with Gasteiger partial charge in [0.15, 0.2) is 0 Å². The first-order chi connectivity index (χ1) is 10.0. The molecule has 0 saturated carbocycles. The summed E-state index contributed by atoms with van der Waals surface area (Å²) in [7, 11) is 1.57. The monoisotopic (exact) mass is 292 g/mol. The van der Waals surface area contributed by atoms with Crippen molar-refractivity contribution in [2.24, 2.45) is 5.84 Å². The van der Waals surface area contributed by atoms with Gasteiger partial charge in [0.25, 0.3) is 5.91 Å². The summed E-state index contributed by atoms with van der Waals surface area (Å²) in [6.45, 7) is 0.402. The summed E-state index contributed by atoms with van der Waals surface area (Å²) >= 11 is 0. The minimum Gasteiger partial charge on any atom is -0.492 e. The molecule has 8 nitrogen and oxygen atoms in total. The van der Waals surface area contributed by atoms with Crippen molar-refractivity contribution in [3.8, 4) is 5.75 Å². The quantitative estimate of drug-likeness (QED) is 0.331. The number of carbonyl (C=O) groups is 3. The largest absolute Gasteiger partial charge is 0.492 e. The minimum absolute atomic E-state index is 0.0883. The Morgan fingerprint density at radius 3 is 2.81 bits per heavy atom. The van der Waals surface area contributed by atoms with Gasteiger partial charge < -0.3 is 9.64 Å². The Morgan fingerprint density at radius 1 is 1.43 bits per heavy atom. The van der Waals surface area contributed by atoms with E-state index in [4.69, 9.17) is 10.6 Å². The van der Waals surface area contributed by atoms with Crippen LogP contribution in [0.2, 0.25) is 0 Å². The maximum atomic E-state index is 11.6. The highest BCUT2D eigenvalue weighted by Crippen LogP contribution is 2.14. The standard InChI is InChI=1S/C13H16N4O4/c1-16-8-11(18)17(13(16)20)5-6-21-10-4-2-3-9(7-10)12(19)15-14/h2-4,7H,5-6,8,14H2,1H3,(H,15,19). The van der Waals surface area contributed by atoms with Crippen LogP contribution in [0.3, 0.4) is 0 Å². The first-order valence-electron chi connectivity index (χ1n) is 6.32. The van der Waals surface area contributed by atoms with E-state index in [1.165, 1.54) is 11.0 Å². The molecule has 0 bridgehead atoms. The second kappa shape index (κ2) is 6.23. The molecule has 0 aromatic heterocycles. The van der Waals surface area contributed by atoms with Crippen LogP contribution in [0.4, 0.5) is 4.79 Å². The van der Waals surface area contributed by atoms with Crippen LogP contribution in [0.15, 0.2) is 24.3 Å². The van der Waals surface area contributed by atoms with Crippen molar-refractivity contribution < 1.29 is 19.1 Å². The van der Waals surface area contributed by atoms with Crippen LogP contribution in [-0.4, -0.2) is 54.4 Å². The Labute approximate surface area is 121 Å². The molecule has 0 aliphatic carbocycles. The van der Waals surface area contributed by atoms with Crippen LogP contribution in [0, 0.1) is 0 Å². The lowest BCUT2D eigenvalue weighted by Crippen LogP contribution is -2.35. The normalized spacial score (nSPS) is 14.6. The van der Waals surface area contributed by atoms with Crippen LogP contribution < -0.4 is 16.0 Å². The Morgan fingerprint density at radius 2 is 2.19 bits per heavy atom. The summed E-state index contributed by atoms with van der Waals surface area (Å²) < 4.78 is 5.45. The summed E-state index contributed by atoms with van der Waals surface area (Å²) in [4.78, 5) is 37.1. The number of likely N-dealkylation sites (N-methyl/N-ethyl adjacent to an activating group) is 1. The van der Waals surface area contributed by atoms with Crippen molar-refractivity contribution in [2.45, 2.75) is 0 Å². The fourth-order valence-corrected chi connectivity index (χ4v) is 1.95. The molecule has 1 aromatic carbocycles. The SMILES string of the molecule is CN1CC(=O)N(CCOc2cccc(C(=O)NN)c2)C1=O. The van der Waals surface area contributed by atoms with Crippen LogP contribution in [-0.2, 0) is 4.79 Å². The molecule has 1 heterocycles. The van der Waals surface area contributed by atoms with Gasteiger partial charge in [-0.05, 0) is 18.2 Å². The van der Waals surface area contributed by atoms with E-state index in [0.717, 1.165) is 4.90 Å². The highest BCUT2D eigenvalue weighted by atomic mass is 16.5. The van der Waals surface area contributed by atoms with Crippen LogP contribution in [0.1, 0.15) is 10.4 Å². The number of nitrogens with two attached hydrogens (primary N) is 1. The van der Waals surface area contributed by atoms with E-state index >= 15 is 0 Å². The second-order valence-electron chi connectivity index (χ2n) is 4.53. The van der Waals surface area contributed by atoms with Gasteiger partial charge in [-0.1, -0.05) is 6.07 Å². The third kappa shape index (κ3) is 3.29. The summed E-state index contributed by atoms with van der Waals surface area (Å²) in [6.07, 6.45) is 0. The number of ether oxygens (including phenoxy) is 1. The zero-order valence-corrected chi connectivity index (χ0v) is 11.5. The Hall–Kier alpha value is -2.61. The van der Waals surface area contributed by atoms with Crippen molar-refractivity contribution >= 4 is 17.8 Å². The minimum atomic E-state index is -0.424. The van der Waals surface area contributed by atoms with Gasteiger partial charge in [0, 0.05) is 12.6 Å². The molecule has 1 saturated heterocycles. The average molecular weight is 292 g/mol. The van der Waals surface area contributed by atoms with Crippen molar-refractivity contribution in [3.63, 3.8) is 0 Å². The Balaban J connectivity index is 1.91. The van der Waals surface area contributed by atoms with Gasteiger partial charge >= 0.3 is 6.03 Å². The molecule has 0 spiro atoms. The zero-order chi connectivity index (χ0) is 15.4. The molecule has 4 amide bonds. The van der Waals surface area contributed by atoms with E-state index in [0.29, 0.717) is 11.3 Å². The number of nitrogens with one attached hydrogen (secondary N) is 1. The molecule has 1 fully saturated rings. The lowest BCUT2D eigenvalue weighted by atomic mass is 10.2. The number of urea groups is 1. The van der Waals surface area contributed by atoms with Crippen molar-refractivity contribution in [3.05, 3.63) is 29.8 Å². The Kier molecular flexibility index (Phi) is 4.39. The van der Waals surface area contributed by atoms with Gasteiger partial charge in [-0.15, -0.1) is 0 Å². The van der Waals surface area contributed by atoms with Crippen molar-refractivity contribution in [1.29, 1.82) is 0 Å². The average Bonchev–Trinajstić information content (AvgIpc) is 2.73. The predicted octanol–water partition coefficient (Wildman–Crippen LogP) is -0.437. The fourth-order valence-electron chi connectivity index (χ4n) is 1.95. The van der Waals surface area contributed by atoms with E-state index in [2.05, 4.69) is 0 Å². The molecule has 1 aromatic rings. The number of hydrazine groups is 1. The molecule has 0 radical (unpaired) electrons. The van der Waals surface area contributed by atoms with E-state index in [-0.39, 0.29) is 31.6 Å². The molecular formula is C13H16N4O4. The number of amides is 4. The van der Waals surface area contributed by atoms with E-state index in [9.17, 15) is 14.4 Å². The number of imide groups is 1. The fraction of sp³-hybridized carbons (Fsp3) is 0.308. The van der Waals surface area contributed by atoms with Gasteiger partial charge in [-0.25, -0.2) is 10.6 Å². The number of nitrogen functional groups attached to an aromatic ring is 1. The first kappa shape index (κ1) is 14.8. The molecular weight excluding hydrogens is 276 g/mol. The summed E-state index contributed by atoms with van der Waals surface area (Å²) in [6, 6.07) is 6.12. The summed E-state index contributed by atoms with van der Waals surface area (Å²) in [5, 5.41) is 0. The molecule has 8 heteroatoms. The molecule has 1 aliphatic rings. The highest BCUT2D eigenvalue weighted by Gasteiger charge is 2.32. The maximum Gasteiger partial charge on any atom is 0.327 e. The van der Waals surface area contributed by atoms with Crippen LogP contribution in [0.5, 0.6) is 5.75 Å². The smallest absolute Gasteiger partial charge is 0.327 e. The van der Waals surface area contributed by atoms with Crippen molar-refractivity contribution in [2.75, 3.05) is 26.7 Å². The first-order valence-corrected chi connectivity index (χ1v) is 6.32. The third-order valence-corrected chi connectivity index (χ3v) is 3.04. The second-order valence-corrected chi connectivity index (χ2v) is 4.53. The van der Waals surface area contributed by atoms with E-state index < -0.39 is 5.91 Å². The number of hydrogen-bond acceptors (Lipinski definition) is 5. The number of hydrogen-bond donors (Lipinski definition) is 2. The lowest BCUT2D eigenvalue weighted by Gasteiger charge is -2.14. The number of carbonyl (C=O) groups excluding carboxylic acids is 3. The topological polar surface area (TPSA) is 105 Å². The van der Waals surface area contributed by atoms with E-state index in [1.54, 1.807) is 25.2 Å². The summed E-state index contributed by atoms with van der Waals surface area (Å²) in [5.41, 5.74) is 2.39. The lowest BCUT2D eigenvalue weighted by molar-refractivity contribution is -0.125.